The zero-order valence-corrected chi connectivity index (χ0v) is 14.0. The summed E-state index contributed by atoms with van der Waals surface area (Å²) in [5, 5.41) is 0. The Morgan fingerprint density at radius 1 is 0.500 bits per heavy atom. The smallest absolute Gasteiger partial charge is 3.00 e. The second-order valence-corrected chi connectivity index (χ2v) is 3.18. The van der Waals surface area contributed by atoms with E-state index in [1.54, 1.807) is 0 Å². The molecule has 0 saturated heterocycles. The Labute approximate surface area is 118 Å². The van der Waals surface area contributed by atoms with Crippen molar-refractivity contribution in [1.82, 2.24) is 0 Å². The third kappa shape index (κ3) is 608. The quantitative estimate of drug-likeness (QED) is 0.248. The van der Waals surface area contributed by atoms with Crippen molar-refractivity contribution in [3.63, 3.8) is 0 Å². The van der Waals surface area contributed by atoms with Crippen LogP contribution in [0.4, 0.5) is 0 Å². The van der Waals surface area contributed by atoms with E-state index >= 15 is 0 Å². The van der Waals surface area contributed by atoms with Crippen LogP contribution in [0.2, 0.25) is 0 Å². The molecule has 0 N–H and O–H groups in total. The van der Waals surface area contributed by atoms with Crippen molar-refractivity contribution in [1.29, 1.82) is 0 Å². The first-order chi connectivity index (χ1) is 5.20. The van der Waals surface area contributed by atoms with Crippen molar-refractivity contribution in [3.05, 3.63) is 0 Å². The van der Waals surface area contributed by atoms with Crippen LogP contribution in [0.3, 0.4) is 0 Å². The predicted octanol–water partition coefficient (Wildman–Crippen LogP) is -8.64. The fraction of sp³-hybridized carbons (Fsp3) is 0. The summed E-state index contributed by atoms with van der Waals surface area (Å²) in [6.07, 6.45) is 0. The molecule has 0 atom stereocenters. The second kappa shape index (κ2) is 24.3. The molecule has 90 valence electrons. The van der Waals surface area contributed by atoms with Gasteiger partial charge in [0.1, 0.15) is 0 Å². The van der Waals surface area contributed by atoms with Crippen LogP contribution in [0.15, 0.2) is 0 Å². The summed E-state index contributed by atoms with van der Waals surface area (Å²) >= 11 is -11.4. The Morgan fingerprint density at radius 2 is 0.500 bits per heavy atom. The number of hydrogen-bond donors (Lipinski definition) is 0. The van der Waals surface area contributed by atoms with Gasteiger partial charge in [-0.25, -0.2) is 0 Å². The third-order valence-corrected chi connectivity index (χ3v) is 0. The SMILES string of the molecule is O=[Se]([O-])[O-].O=[Se]([O-])[O-].O=[Se]([O-])[O-].[Rh+3].[Rh+3]. The fourth-order valence-corrected chi connectivity index (χ4v) is 0. The standard InChI is InChI=1S/3H2O3Se.2Rh/c3*1-4(2)3;;/h3*(H2,1,2,3);;/q;;;2*+3/p-6. The molecule has 0 bridgehead atoms. The van der Waals surface area contributed by atoms with Gasteiger partial charge in [-0.1, -0.05) is 0 Å². The summed E-state index contributed by atoms with van der Waals surface area (Å²) in [4.78, 5) is 0. The van der Waals surface area contributed by atoms with Crippen LogP contribution < -0.4 is 25.1 Å². The van der Waals surface area contributed by atoms with Gasteiger partial charge in [0.05, 0.1) is 0 Å². The molecule has 0 rings (SSSR count). The van der Waals surface area contributed by atoms with Gasteiger partial charge in [-0.2, -0.15) is 0 Å². The monoisotopic (exact) mass is 590 g/mol. The molecule has 0 aliphatic carbocycles. The summed E-state index contributed by atoms with van der Waals surface area (Å²) in [6, 6.07) is 0. The Kier molecular flexibility index (Phi) is 51.6. The fourth-order valence-electron chi connectivity index (χ4n) is 0. The summed E-state index contributed by atoms with van der Waals surface area (Å²) in [6.45, 7) is 0. The van der Waals surface area contributed by atoms with E-state index in [0.717, 1.165) is 0 Å². The van der Waals surface area contributed by atoms with E-state index in [0.29, 0.717) is 0 Å². The maximum atomic E-state index is 8.54. The number of rotatable bonds is 0. The molecule has 0 aliphatic heterocycles. The molecule has 0 saturated carbocycles. The minimum atomic E-state index is -3.79. The number of hydrogen-bond acceptors (Lipinski definition) is 9. The third-order valence-electron chi connectivity index (χ3n) is 0. The van der Waals surface area contributed by atoms with Gasteiger partial charge in [0.2, 0.25) is 0 Å². The first-order valence-electron chi connectivity index (χ1n) is 1.50. The van der Waals surface area contributed by atoms with Crippen LogP contribution in [0, 0.1) is 0 Å². The van der Waals surface area contributed by atoms with Crippen molar-refractivity contribution < 1.29 is 75.6 Å². The molecule has 14 heavy (non-hydrogen) atoms. The molecular weight excluding hydrogens is 587 g/mol. The molecule has 0 heterocycles. The van der Waals surface area contributed by atoms with Crippen LogP contribution in [-0.4, -0.2) is 43.5 Å². The van der Waals surface area contributed by atoms with Gasteiger partial charge in [-0.3, -0.25) is 0 Å². The Bertz CT molecular complexity index is 116. The average Bonchev–Trinajstić information content (AvgIpc) is 1.54. The molecular formula is O9Rh2Se3. The van der Waals surface area contributed by atoms with E-state index in [2.05, 4.69) is 0 Å². The maximum Gasteiger partial charge on any atom is 3.00 e. The van der Waals surface area contributed by atoms with E-state index in [1.165, 1.54) is 0 Å². The van der Waals surface area contributed by atoms with Crippen molar-refractivity contribution >= 4 is 43.5 Å². The van der Waals surface area contributed by atoms with Gasteiger partial charge in [-0.15, -0.1) is 0 Å². The summed E-state index contributed by atoms with van der Waals surface area (Å²) in [7, 11) is 0. The molecule has 0 amide bonds. The molecule has 0 unspecified atom stereocenters. The van der Waals surface area contributed by atoms with Gasteiger partial charge in [0, 0.05) is 0 Å². The Hall–Kier alpha value is 1.97. The predicted molar refractivity (Wildman–Crippen MR) is 19.3 cm³/mol. The van der Waals surface area contributed by atoms with E-state index < -0.39 is 43.5 Å². The molecule has 9 nitrogen and oxygen atoms in total. The van der Waals surface area contributed by atoms with E-state index in [4.69, 9.17) is 36.6 Å². The van der Waals surface area contributed by atoms with Crippen LogP contribution in [0.25, 0.3) is 0 Å². The van der Waals surface area contributed by atoms with Crippen molar-refractivity contribution in [2.24, 2.45) is 0 Å². The average molecular weight is 587 g/mol. The normalized spacial score (nSPS) is 7.50. The molecule has 0 radical (unpaired) electrons. The zero-order chi connectivity index (χ0) is 10.7. The van der Waals surface area contributed by atoms with Crippen molar-refractivity contribution in [2.45, 2.75) is 0 Å². The molecule has 0 aromatic rings. The van der Waals surface area contributed by atoms with Crippen molar-refractivity contribution in [3.8, 4) is 0 Å². The zero-order valence-electron chi connectivity index (χ0n) is 5.57. The molecule has 0 aromatic carbocycles. The van der Waals surface area contributed by atoms with Crippen LogP contribution in [0.1, 0.15) is 0 Å². The summed E-state index contributed by atoms with van der Waals surface area (Å²) in [5.41, 5.74) is 0. The second-order valence-electron chi connectivity index (χ2n) is 0.612. The largest absolute Gasteiger partial charge is 3.00 e. The molecule has 0 fully saturated rings. The van der Waals surface area contributed by atoms with Crippen LogP contribution in [-0.2, 0) is 50.5 Å². The molecule has 0 aliphatic rings. The van der Waals surface area contributed by atoms with Crippen LogP contribution >= 0.6 is 0 Å². The maximum absolute atomic E-state index is 8.54. The Balaban J connectivity index is -0.0000000270. The summed E-state index contributed by atoms with van der Waals surface area (Å²) in [5.74, 6) is 0. The van der Waals surface area contributed by atoms with E-state index in [9.17, 15) is 0 Å². The molecule has 0 spiro atoms. The van der Waals surface area contributed by atoms with Gasteiger partial charge in [0.25, 0.3) is 0 Å². The van der Waals surface area contributed by atoms with Gasteiger partial charge in [-0.05, 0) is 0 Å². The molecule has 0 aromatic heterocycles. The Morgan fingerprint density at radius 3 is 0.500 bits per heavy atom. The van der Waals surface area contributed by atoms with E-state index in [1.807, 2.05) is 0 Å². The minimum absolute atomic E-state index is 0. The van der Waals surface area contributed by atoms with Gasteiger partial charge >= 0.3 is 119 Å². The van der Waals surface area contributed by atoms with Crippen LogP contribution in [0.5, 0.6) is 0 Å². The van der Waals surface area contributed by atoms with Gasteiger partial charge < -0.3 is 0 Å². The first kappa shape index (κ1) is 29.7. The summed E-state index contributed by atoms with van der Waals surface area (Å²) < 4.78 is 76.9. The molecule has 14 heteroatoms. The topological polar surface area (TPSA) is 190 Å². The van der Waals surface area contributed by atoms with Gasteiger partial charge in [0.15, 0.2) is 0 Å². The first-order valence-corrected chi connectivity index (χ1v) is 7.79. The minimum Gasteiger partial charge on any atom is 3.00 e. The van der Waals surface area contributed by atoms with E-state index in [-0.39, 0.29) is 39.0 Å². The van der Waals surface area contributed by atoms with Crippen molar-refractivity contribution in [2.75, 3.05) is 0 Å².